The van der Waals surface area contributed by atoms with Crippen molar-refractivity contribution in [3.63, 3.8) is 0 Å². The normalized spacial score (nSPS) is 33.1. The van der Waals surface area contributed by atoms with Crippen molar-refractivity contribution in [2.75, 3.05) is 0 Å². The van der Waals surface area contributed by atoms with Crippen LogP contribution in [0.25, 0.3) is 0 Å². The summed E-state index contributed by atoms with van der Waals surface area (Å²) in [6.45, 7) is 4.63. The summed E-state index contributed by atoms with van der Waals surface area (Å²) < 4.78 is 0. The third kappa shape index (κ3) is 6.64. The summed E-state index contributed by atoms with van der Waals surface area (Å²) in [5.74, 6) is 6.16. The molecule has 4 rings (SSSR count). The minimum absolute atomic E-state index is 0.844. The molecule has 4 atom stereocenters. The average molecular weight is 437 g/mol. The Morgan fingerprint density at radius 1 is 0.594 bits per heavy atom. The van der Waals surface area contributed by atoms with E-state index in [1.807, 2.05) is 0 Å². The highest BCUT2D eigenvalue weighted by Gasteiger charge is 2.39. The molecular formula is C32H52. The minimum Gasteiger partial charge on any atom is -0.0654 e. The SMILES string of the molecule is CCCCCCC1CCC(C2CCC3CC(c4ccc(CCCC)cc4)CCC3C2)CC1. The van der Waals surface area contributed by atoms with E-state index in [1.165, 1.54) is 77.0 Å². The Morgan fingerprint density at radius 3 is 1.94 bits per heavy atom. The van der Waals surface area contributed by atoms with Gasteiger partial charge in [-0.05, 0) is 111 Å². The van der Waals surface area contributed by atoms with Crippen LogP contribution in [0.3, 0.4) is 0 Å². The van der Waals surface area contributed by atoms with Gasteiger partial charge in [-0.3, -0.25) is 0 Å². The molecule has 32 heavy (non-hydrogen) atoms. The second-order valence-electron chi connectivity index (χ2n) is 12.1. The van der Waals surface area contributed by atoms with Gasteiger partial charge in [-0.1, -0.05) is 89.5 Å². The highest BCUT2D eigenvalue weighted by atomic mass is 14.4. The fraction of sp³-hybridized carbons (Fsp3) is 0.812. The molecule has 0 N–H and O–H groups in total. The second-order valence-corrected chi connectivity index (χ2v) is 12.1. The summed E-state index contributed by atoms with van der Waals surface area (Å²) >= 11 is 0. The predicted octanol–water partition coefficient (Wildman–Crippen LogP) is 10.1. The van der Waals surface area contributed by atoms with Crippen molar-refractivity contribution in [1.29, 1.82) is 0 Å². The molecule has 0 heteroatoms. The van der Waals surface area contributed by atoms with Crippen molar-refractivity contribution >= 4 is 0 Å². The summed E-state index contributed by atoms with van der Waals surface area (Å²) in [4.78, 5) is 0. The molecule has 0 bridgehead atoms. The van der Waals surface area contributed by atoms with Crippen LogP contribution < -0.4 is 0 Å². The van der Waals surface area contributed by atoms with Crippen molar-refractivity contribution < 1.29 is 0 Å². The van der Waals surface area contributed by atoms with E-state index in [-0.39, 0.29) is 0 Å². The van der Waals surface area contributed by atoms with Gasteiger partial charge in [0, 0.05) is 0 Å². The lowest BCUT2D eigenvalue weighted by atomic mass is 9.60. The Bertz CT molecular complexity index is 635. The molecule has 180 valence electrons. The van der Waals surface area contributed by atoms with E-state index in [9.17, 15) is 0 Å². The summed E-state index contributed by atoms with van der Waals surface area (Å²) in [7, 11) is 0. The smallest absolute Gasteiger partial charge is 0.0159 e. The van der Waals surface area contributed by atoms with Crippen molar-refractivity contribution in [2.24, 2.45) is 29.6 Å². The summed E-state index contributed by atoms with van der Waals surface area (Å²) in [5.41, 5.74) is 3.18. The van der Waals surface area contributed by atoms with Gasteiger partial charge in [-0.15, -0.1) is 0 Å². The van der Waals surface area contributed by atoms with Gasteiger partial charge in [0.15, 0.2) is 0 Å². The van der Waals surface area contributed by atoms with E-state index in [2.05, 4.69) is 38.1 Å². The van der Waals surface area contributed by atoms with Crippen LogP contribution in [0.4, 0.5) is 0 Å². The zero-order valence-electron chi connectivity index (χ0n) is 21.5. The van der Waals surface area contributed by atoms with E-state index in [4.69, 9.17) is 0 Å². The number of hydrogen-bond donors (Lipinski definition) is 0. The van der Waals surface area contributed by atoms with Crippen LogP contribution >= 0.6 is 0 Å². The highest BCUT2D eigenvalue weighted by Crippen LogP contribution is 2.51. The molecule has 0 aliphatic heterocycles. The molecule has 1 aromatic rings. The van der Waals surface area contributed by atoms with Crippen molar-refractivity contribution in [2.45, 2.75) is 135 Å². The minimum atomic E-state index is 0.844. The zero-order chi connectivity index (χ0) is 22.2. The molecule has 1 aromatic carbocycles. The van der Waals surface area contributed by atoms with Crippen molar-refractivity contribution in [1.82, 2.24) is 0 Å². The third-order valence-corrected chi connectivity index (χ3v) is 9.95. The molecule has 0 nitrogen and oxygen atoms in total. The van der Waals surface area contributed by atoms with Gasteiger partial charge in [0.1, 0.15) is 0 Å². The lowest BCUT2D eigenvalue weighted by molar-refractivity contribution is 0.0710. The van der Waals surface area contributed by atoms with E-state index < -0.39 is 0 Å². The Hall–Kier alpha value is -0.780. The first kappa shape index (κ1) is 24.3. The van der Waals surface area contributed by atoms with E-state index in [0.29, 0.717) is 0 Å². The maximum Gasteiger partial charge on any atom is -0.0159 e. The van der Waals surface area contributed by atoms with Crippen LogP contribution in [0.2, 0.25) is 0 Å². The van der Waals surface area contributed by atoms with E-state index >= 15 is 0 Å². The first-order valence-electron chi connectivity index (χ1n) is 14.9. The second kappa shape index (κ2) is 12.6. The Labute approximate surface area is 200 Å². The number of rotatable bonds is 10. The van der Waals surface area contributed by atoms with Crippen LogP contribution in [0.1, 0.15) is 140 Å². The Morgan fingerprint density at radius 2 is 1.22 bits per heavy atom. The molecular weight excluding hydrogens is 384 g/mol. The largest absolute Gasteiger partial charge is 0.0654 e. The molecule has 0 spiro atoms. The maximum atomic E-state index is 2.47. The standard InChI is InChI=1S/C32H52/c1-3-5-7-8-10-26-13-17-28(18-14-26)30-20-22-31-23-29(19-21-32(31)24-30)27-15-11-25(12-16-27)9-6-4-2/h11-12,15-16,26,28-32H,3-10,13-14,17-24H2,1-2H3. The molecule has 3 aliphatic carbocycles. The molecule has 3 fully saturated rings. The van der Waals surface area contributed by atoms with Gasteiger partial charge in [0.05, 0.1) is 0 Å². The van der Waals surface area contributed by atoms with Gasteiger partial charge in [-0.25, -0.2) is 0 Å². The molecule has 3 saturated carbocycles. The van der Waals surface area contributed by atoms with Gasteiger partial charge < -0.3 is 0 Å². The van der Waals surface area contributed by atoms with Crippen molar-refractivity contribution in [3.05, 3.63) is 35.4 Å². The van der Waals surface area contributed by atoms with E-state index in [0.717, 1.165) is 35.5 Å². The lowest BCUT2D eigenvalue weighted by Gasteiger charge is -2.45. The van der Waals surface area contributed by atoms with Gasteiger partial charge in [0.25, 0.3) is 0 Å². The Kier molecular flexibility index (Phi) is 9.60. The quantitative estimate of drug-likeness (QED) is 0.320. The topological polar surface area (TPSA) is 0 Å². The number of aryl methyl sites for hydroxylation is 1. The van der Waals surface area contributed by atoms with Crippen LogP contribution in [0, 0.1) is 29.6 Å². The lowest BCUT2D eigenvalue weighted by Crippen LogP contribution is -2.34. The molecule has 0 saturated heterocycles. The zero-order valence-corrected chi connectivity index (χ0v) is 21.5. The first-order chi connectivity index (χ1) is 15.8. The third-order valence-electron chi connectivity index (χ3n) is 9.95. The molecule has 0 amide bonds. The average Bonchev–Trinajstić information content (AvgIpc) is 2.85. The Balaban J connectivity index is 1.20. The number of unbranched alkanes of at least 4 members (excludes halogenated alkanes) is 4. The molecule has 3 aliphatic rings. The molecule has 4 unspecified atom stereocenters. The van der Waals surface area contributed by atoms with E-state index in [1.54, 1.807) is 49.7 Å². The fourth-order valence-electron chi connectivity index (χ4n) is 7.80. The van der Waals surface area contributed by atoms with Crippen LogP contribution in [-0.4, -0.2) is 0 Å². The first-order valence-corrected chi connectivity index (χ1v) is 14.9. The number of fused-ring (bicyclic) bond motifs is 1. The van der Waals surface area contributed by atoms with Crippen LogP contribution in [-0.2, 0) is 6.42 Å². The number of benzene rings is 1. The predicted molar refractivity (Wildman–Crippen MR) is 140 cm³/mol. The van der Waals surface area contributed by atoms with Crippen LogP contribution in [0.15, 0.2) is 24.3 Å². The van der Waals surface area contributed by atoms with Gasteiger partial charge >= 0.3 is 0 Å². The van der Waals surface area contributed by atoms with Crippen LogP contribution in [0.5, 0.6) is 0 Å². The monoisotopic (exact) mass is 436 g/mol. The summed E-state index contributed by atoms with van der Waals surface area (Å²) in [6, 6.07) is 9.80. The number of hydrogen-bond acceptors (Lipinski definition) is 0. The highest BCUT2D eigenvalue weighted by molar-refractivity contribution is 5.26. The molecule has 0 heterocycles. The van der Waals surface area contributed by atoms with Gasteiger partial charge in [0.2, 0.25) is 0 Å². The maximum absolute atomic E-state index is 2.47. The fourth-order valence-corrected chi connectivity index (χ4v) is 7.80. The molecule has 0 aromatic heterocycles. The summed E-state index contributed by atoms with van der Waals surface area (Å²) in [6.07, 6.45) is 26.6. The molecule has 0 radical (unpaired) electrons. The van der Waals surface area contributed by atoms with Gasteiger partial charge in [-0.2, -0.15) is 0 Å². The van der Waals surface area contributed by atoms with Crippen molar-refractivity contribution in [3.8, 4) is 0 Å². The summed E-state index contributed by atoms with van der Waals surface area (Å²) in [5, 5.41) is 0.